The molecular formula is C21H21ClN2O3S. The second-order valence-corrected chi connectivity index (χ2v) is 8.77. The van der Waals surface area contributed by atoms with Crippen molar-refractivity contribution in [1.82, 2.24) is 9.71 Å². The second kappa shape index (κ2) is 8.73. The van der Waals surface area contributed by atoms with Crippen LogP contribution >= 0.6 is 11.6 Å². The van der Waals surface area contributed by atoms with Crippen molar-refractivity contribution in [1.29, 1.82) is 0 Å². The van der Waals surface area contributed by atoms with Gasteiger partial charge in [-0.25, -0.2) is 18.1 Å². The van der Waals surface area contributed by atoms with Crippen LogP contribution in [0.5, 0.6) is 11.6 Å². The highest BCUT2D eigenvalue weighted by molar-refractivity contribution is 7.88. The normalized spacial score (nSPS) is 12.5. The fourth-order valence-electron chi connectivity index (χ4n) is 2.80. The number of hydrogen-bond acceptors (Lipinski definition) is 4. The Morgan fingerprint density at radius 2 is 1.75 bits per heavy atom. The van der Waals surface area contributed by atoms with Crippen molar-refractivity contribution in [2.75, 3.05) is 6.26 Å². The lowest BCUT2D eigenvalue weighted by atomic mass is 10.0. The number of hydrogen-bond donors (Lipinski definition) is 1. The Morgan fingerprint density at radius 3 is 2.39 bits per heavy atom. The van der Waals surface area contributed by atoms with E-state index in [2.05, 4.69) is 9.71 Å². The van der Waals surface area contributed by atoms with Gasteiger partial charge in [0.25, 0.3) is 0 Å². The molecule has 0 aliphatic carbocycles. The SMILES string of the molecule is CC(NS(C)(=O)=O)c1ccc(Cc2cccnc2Oc2ccc(Cl)cc2)cc1. The lowest BCUT2D eigenvalue weighted by Crippen LogP contribution is -2.25. The van der Waals surface area contributed by atoms with Gasteiger partial charge in [-0.3, -0.25) is 0 Å². The zero-order chi connectivity index (χ0) is 20.1. The van der Waals surface area contributed by atoms with Crippen LogP contribution in [0.2, 0.25) is 5.02 Å². The summed E-state index contributed by atoms with van der Waals surface area (Å²) in [6, 6.07) is 18.5. The molecule has 0 saturated carbocycles. The van der Waals surface area contributed by atoms with Gasteiger partial charge in [-0.05, 0) is 48.4 Å². The van der Waals surface area contributed by atoms with Crippen molar-refractivity contribution in [2.45, 2.75) is 19.4 Å². The molecule has 1 aromatic heterocycles. The molecule has 0 amide bonds. The van der Waals surface area contributed by atoms with E-state index >= 15 is 0 Å². The third kappa shape index (κ3) is 5.79. The predicted octanol–water partition coefficient (Wildman–Crippen LogP) is 4.73. The molecule has 0 saturated heterocycles. The van der Waals surface area contributed by atoms with Gasteiger partial charge >= 0.3 is 0 Å². The first-order valence-electron chi connectivity index (χ1n) is 8.73. The van der Waals surface area contributed by atoms with Gasteiger partial charge in [0.15, 0.2) is 0 Å². The van der Waals surface area contributed by atoms with Crippen LogP contribution in [0.4, 0.5) is 0 Å². The van der Waals surface area contributed by atoms with Crippen LogP contribution in [0, 0.1) is 0 Å². The Hall–Kier alpha value is -2.41. The van der Waals surface area contributed by atoms with Crippen LogP contribution in [0.1, 0.15) is 29.7 Å². The molecule has 2 aromatic carbocycles. The highest BCUT2D eigenvalue weighted by Gasteiger charge is 2.12. The minimum atomic E-state index is -3.25. The summed E-state index contributed by atoms with van der Waals surface area (Å²) in [6.07, 6.45) is 3.49. The average molecular weight is 417 g/mol. The van der Waals surface area contributed by atoms with Crippen LogP contribution in [0.25, 0.3) is 0 Å². The third-order valence-corrected chi connectivity index (χ3v) is 5.18. The molecule has 146 valence electrons. The van der Waals surface area contributed by atoms with E-state index in [4.69, 9.17) is 16.3 Å². The number of rotatable bonds is 7. The van der Waals surface area contributed by atoms with E-state index in [1.54, 1.807) is 30.5 Å². The van der Waals surface area contributed by atoms with E-state index in [-0.39, 0.29) is 6.04 Å². The van der Waals surface area contributed by atoms with Crippen molar-refractivity contribution in [3.8, 4) is 11.6 Å². The second-order valence-electron chi connectivity index (χ2n) is 6.55. The van der Waals surface area contributed by atoms with Gasteiger partial charge in [0, 0.05) is 29.2 Å². The molecule has 3 rings (SSSR count). The highest BCUT2D eigenvalue weighted by atomic mass is 35.5. The minimum absolute atomic E-state index is 0.286. The summed E-state index contributed by atoms with van der Waals surface area (Å²) in [4.78, 5) is 4.35. The summed E-state index contributed by atoms with van der Waals surface area (Å²) < 4.78 is 31.3. The lowest BCUT2D eigenvalue weighted by Gasteiger charge is -2.14. The van der Waals surface area contributed by atoms with Crippen LogP contribution in [-0.4, -0.2) is 19.7 Å². The number of benzene rings is 2. The maximum atomic E-state index is 11.4. The van der Waals surface area contributed by atoms with E-state index in [0.29, 0.717) is 23.1 Å². The van der Waals surface area contributed by atoms with Crippen molar-refractivity contribution in [3.05, 3.63) is 88.6 Å². The maximum absolute atomic E-state index is 11.4. The van der Waals surface area contributed by atoms with Crippen LogP contribution in [0.15, 0.2) is 66.9 Å². The maximum Gasteiger partial charge on any atom is 0.222 e. The Balaban J connectivity index is 1.74. The summed E-state index contributed by atoms with van der Waals surface area (Å²) in [5.74, 6) is 1.21. The number of nitrogens with zero attached hydrogens (tertiary/aromatic N) is 1. The smallest absolute Gasteiger partial charge is 0.222 e. The zero-order valence-electron chi connectivity index (χ0n) is 15.6. The van der Waals surface area contributed by atoms with Gasteiger partial charge in [-0.15, -0.1) is 0 Å². The Kier molecular flexibility index (Phi) is 6.34. The molecular weight excluding hydrogens is 396 g/mol. The fourth-order valence-corrected chi connectivity index (χ4v) is 3.70. The third-order valence-electron chi connectivity index (χ3n) is 4.14. The van der Waals surface area contributed by atoms with Gasteiger partial charge < -0.3 is 4.74 Å². The number of sulfonamides is 1. The van der Waals surface area contributed by atoms with E-state index in [1.165, 1.54) is 0 Å². The van der Waals surface area contributed by atoms with E-state index in [9.17, 15) is 8.42 Å². The summed E-state index contributed by atoms with van der Waals surface area (Å²) in [5, 5.41) is 0.647. The number of aromatic nitrogens is 1. The molecule has 0 radical (unpaired) electrons. The first-order valence-corrected chi connectivity index (χ1v) is 11.0. The largest absolute Gasteiger partial charge is 0.439 e. The molecule has 1 unspecified atom stereocenters. The van der Waals surface area contributed by atoms with Gasteiger partial charge in [0.05, 0.1) is 6.26 Å². The van der Waals surface area contributed by atoms with E-state index in [0.717, 1.165) is 22.9 Å². The monoisotopic (exact) mass is 416 g/mol. The van der Waals surface area contributed by atoms with Gasteiger partial charge in [-0.2, -0.15) is 0 Å². The first kappa shape index (κ1) is 20.3. The molecule has 1 atom stereocenters. The molecule has 7 heteroatoms. The molecule has 3 aromatic rings. The molecule has 1 heterocycles. The number of pyridine rings is 1. The molecule has 1 N–H and O–H groups in total. The minimum Gasteiger partial charge on any atom is -0.439 e. The molecule has 0 aliphatic rings. The van der Waals surface area contributed by atoms with Crippen molar-refractivity contribution < 1.29 is 13.2 Å². The highest BCUT2D eigenvalue weighted by Crippen LogP contribution is 2.26. The molecule has 0 bridgehead atoms. The van der Waals surface area contributed by atoms with E-state index in [1.807, 2.05) is 43.3 Å². The summed E-state index contributed by atoms with van der Waals surface area (Å²) >= 11 is 5.91. The topological polar surface area (TPSA) is 68.3 Å². The molecule has 5 nitrogen and oxygen atoms in total. The fraction of sp³-hybridized carbons (Fsp3) is 0.190. The molecule has 28 heavy (non-hydrogen) atoms. The Morgan fingerprint density at radius 1 is 1.07 bits per heavy atom. The molecule has 0 spiro atoms. The standard InChI is InChI=1S/C21H21ClN2O3S/c1-15(24-28(2,25)26)17-7-5-16(6-8-17)14-18-4-3-13-23-21(18)27-20-11-9-19(22)10-12-20/h3-13,15,24H,14H2,1-2H3. The van der Waals surface area contributed by atoms with Crippen LogP contribution in [0.3, 0.4) is 0 Å². The summed E-state index contributed by atoms with van der Waals surface area (Å²) in [7, 11) is -3.25. The first-order chi connectivity index (χ1) is 13.3. The predicted molar refractivity (Wildman–Crippen MR) is 111 cm³/mol. The number of ether oxygens (including phenoxy) is 1. The quantitative estimate of drug-likeness (QED) is 0.604. The zero-order valence-corrected chi connectivity index (χ0v) is 17.2. The number of nitrogens with one attached hydrogen (secondary N) is 1. The Bertz CT molecular complexity index is 1040. The number of halogens is 1. The van der Waals surface area contributed by atoms with Crippen LogP contribution in [-0.2, 0) is 16.4 Å². The van der Waals surface area contributed by atoms with Crippen molar-refractivity contribution in [3.63, 3.8) is 0 Å². The van der Waals surface area contributed by atoms with Gasteiger partial charge in [0.2, 0.25) is 15.9 Å². The average Bonchev–Trinajstić information content (AvgIpc) is 2.64. The van der Waals surface area contributed by atoms with Crippen LogP contribution < -0.4 is 9.46 Å². The van der Waals surface area contributed by atoms with Crippen molar-refractivity contribution in [2.24, 2.45) is 0 Å². The van der Waals surface area contributed by atoms with Gasteiger partial charge in [0.1, 0.15) is 5.75 Å². The summed E-state index contributed by atoms with van der Waals surface area (Å²) in [5.41, 5.74) is 2.93. The van der Waals surface area contributed by atoms with E-state index < -0.39 is 10.0 Å². The summed E-state index contributed by atoms with van der Waals surface area (Å²) in [6.45, 7) is 1.81. The molecule has 0 aliphatic heterocycles. The van der Waals surface area contributed by atoms with Crippen molar-refractivity contribution >= 4 is 21.6 Å². The lowest BCUT2D eigenvalue weighted by molar-refractivity contribution is 0.457. The molecule has 0 fully saturated rings. The Labute approximate surface area is 170 Å². The van der Waals surface area contributed by atoms with Gasteiger partial charge in [-0.1, -0.05) is 41.9 Å².